The average molecular weight is 687 g/mol. The molecule has 0 spiro atoms. The summed E-state index contributed by atoms with van der Waals surface area (Å²) in [7, 11) is 0. The van der Waals surface area contributed by atoms with Crippen molar-refractivity contribution < 1.29 is 0 Å². The molecule has 0 saturated carbocycles. The van der Waals surface area contributed by atoms with Gasteiger partial charge in [-0.05, 0) is 101 Å². The van der Waals surface area contributed by atoms with E-state index in [2.05, 4.69) is 231 Å². The molecule has 0 saturated heterocycles. The van der Waals surface area contributed by atoms with E-state index < -0.39 is 0 Å². The van der Waals surface area contributed by atoms with E-state index in [1.807, 2.05) is 0 Å². The Morgan fingerprint density at radius 3 is 0.463 bits per heavy atom. The maximum atomic E-state index is 2.41. The highest BCUT2D eigenvalue weighted by Gasteiger charge is 2.17. The Balaban J connectivity index is 1.23. The molecule has 0 aliphatic carbocycles. The summed E-state index contributed by atoms with van der Waals surface area (Å²) in [6, 6.07) is 83.4. The lowest BCUT2D eigenvalue weighted by atomic mass is 9.84. The molecule has 0 amide bonds. The van der Waals surface area contributed by atoms with Crippen LogP contribution in [-0.4, -0.2) is 0 Å². The predicted molar refractivity (Wildman–Crippen MR) is 230 cm³/mol. The Hall–Kier alpha value is -7.02. The first-order valence-electron chi connectivity index (χ1n) is 18.6. The second-order valence-electron chi connectivity index (χ2n) is 13.7. The van der Waals surface area contributed by atoms with Gasteiger partial charge in [-0.2, -0.15) is 0 Å². The van der Waals surface area contributed by atoms with E-state index in [-0.39, 0.29) is 0 Å². The molecule has 0 bridgehead atoms. The standard InChI is InChI=1S/C54H38/c1-5-13-39(14-6-1)43-21-29-47(30-22-43)51-37-53(49-33-25-45(26-34-49)41-17-9-3-10-18-41)54(50-35-27-46(28-36-50)42-19-11-4-12-20-42)38-52(51)48-31-23-44(24-32-48)40-15-7-2-8-16-40/h1-38H. The van der Waals surface area contributed by atoms with E-state index in [1.165, 1.54) is 89.0 Å². The molecular formula is C54H38. The van der Waals surface area contributed by atoms with Crippen LogP contribution < -0.4 is 0 Å². The molecular weight excluding hydrogens is 649 g/mol. The van der Waals surface area contributed by atoms with Gasteiger partial charge in [0.15, 0.2) is 0 Å². The molecule has 0 radical (unpaired) electrons. The van der Waals surface area contributed by atoms with Crippen LogP contribution in [0.2, 0.25) is 0 Å². The zero-order valence-electron chi connectivity index (χ0n) is 29.9. The number of hydrogen-bond donors (Lipinski definition) is 0. The molecule has 254 valence electrons. The molecule has 0 aromatic heterocycles. The summed E-state index contributed by atoms with van der Waals surface area (Å²) in [5, 5.41) is 0. The Morgan fingerprint density at radius 1 is 0.130 bits per heavy atom. The third-order valence-electron chi connectivity index (χ3n) is 10.4. The van der Waals surface area contributed by atoms with Crippen molar-refractivity contribution in [3.63, 3.8) is 0 Å². The summed E-state index contributed by atoms with van der Waals surface area (Å²) >= 11 is 0. The fourth-order valence-corrected chi connectivity index (χ4v) is 7.45. The van der Waals surface area contributed by atoms with Crippen molar-refractivity contribution in [3.05, 3.63) is 231 Å². The third-order valence-corrected chi connectivity index (χ3v) is 10.4. The zero-order chi connectivity index (χ0) is 36.1. The Kier molecular flexibility index (Phi) is 9.07. The SMILES string of the molecule is c1ccc(-c2ccc(-c3cc(-c4ccc(-c5ccccc5)cc4)c(-c4ccc(-c5ccccc5)cc4)cc3-c3ccc(-c4ccccc4)cc3)cc2)cc1. The van der Waals surface area contributed by atoms with Crippen LogP contribution in [0, 0.1) is 0 Å². The average Bonchev–Trinajstić information content (AvgIpc) is 3.27. The molecule has 9 aromatic rings. The molecule has 0 aliphatic heterocycles. The van der Waals surface area contributed by atoms with Crippen LogP contribution in [0.1, 0.15) is 0 Å². The van der Waals surface area contributed by atoms with Crippen LogP contribution in [-0.2, 0) is 0 Å². The van der Waals surface area contributed by atoms with Gasteiger partial charge in [-0.15, -0.1) is 0 Å². The molecule has 0 N–H and O–H groups in total. The van der Waals surface area contributed by atoms with Gasteiger partial charge in [0, 0.05) is 0 Å². The lowest BCUT2D eigenvalue weighted by Gasteiger charge is -2.19. The van der Waals surface area contributed by atoms with Gasteiger partial charge < -0.3 is 0 Å². The van der Waals surface area contributed by atoms with Crippen molar-refractivity contribution in [1.82, 2.24) is 0 Å². The minimum atomic E-state index is 1.19. The largest absolute Gasteiger partial charge is 0.0622 e. The van der Waals surface area contributed by atoms with Crippen LogP contribution >= 0.6 is 0 Å². The maximum Gasteiger partial charge on any atom is -0.00988 e. The highest BCUT2D eigenvalue weighted by molar-refractivity contribution is 5.96. The van der Waals surface area contributed by atoms with Gasteiger partial charge in [0.25, 0.3) is 0 Å². The molecule has 54 heavy (non-hydrogen) atoms. The summed E-state index contributed by atoms with van der Waals surface area (Å²) in [4.78, 5) is 0. The summed E-state index contributed by atoms with van der Waals surface area (Å²) in [6.45, 7) is 0. The maximum absolute atomic E-state index is 2.41. The lowest BCUT2D eigenvalue weighted by Crippen LogP contribution is -1.93. The fraction of sp³-hybridized carbons (Fsp3) is 0. The van der Waals surface area contributed by atoms with E-state index >= 15 is 0 Å². The zero-order valence-corrected chi connectivity index (χ0v) is 29.9. The molecule has 0 heterocycles. The minimum Gasteiger partial charge on any atom is -0.0622 e. The van der Waals surface area contributed by atoms with Crippen LogP contribution in [0.3, 0.4) is 0 Å². The number of hydrogen-bond acceptors (Lipinski definition) is 0. The molecule has 9 aromatic carbocycles. The summed E-state index contributed by atoms with van der Waals surface area (Å²) in [5.41, 5.74) is 19.3. The van der Waals surface area contributed by atoms with Crippen LogP contribution in [0.15, 0.2) is 231 Å². The molecule has 0 nitrogen and oxygen atoms in total. The smallest absolute Gasteiger partial charge is 0.00988 e. The van der Waals surface area contributed by atoms with Crippen molar-refractivity contribution in [2.45, 2.75) is 0 Å². The van der Waals surface area contributed by atoms with Crippen molar-refractivity contribution in [3.8, 4) is 89.0 Å². The molecule has 0 atom stereocenters. The third kappa shape index (κ3) is 6.82. The second kappa shape index (κ2) is 14.9. The van der Waals surface area contributed by atoms with E-state index in [1.54, 1.807) is 0 Å². The van der Waals surface area contributed by atoms with Crippen LogP contribution in [0.4, 0.5) is 0 Å². The second-order valence-corrected chi connectivity index (χ2v) is 13.7. The van der Waals surface area contributed by atoms with Gasteiger partial charge in [0.2, 0.25) is 0 Å². The normalized spacial score (nSPS) is 11.0. The Morgan fingerprint density at radius 2 is 0.278 bits per heavy atom. The van der Waals surface area contributed by atoms with Gasteiger partial charge in [-0.3, -0.25) is 0 Å². The highest BCUT2D eigenvalue weighted by atomic mass is 14.2. The molecule has 0 aliphatic rings. The number of rotatable bonds is 8. The van der Waals surface area contributed by atoms with Gasteiger partial charge in [-0.25, -0.2) is 0 Å². The van der Waals surface area contributed by atoms with E-state index in [9.17, 15) is 0 Å². The van der Waals surface area contributed by atoms with Crippen molar-refractivity contribution >= 4 is 0 Å². The summed E-state index contributed by atoms with van der Waals surface area (Å²) in [5.74, 6) is 0. The van der Waals surface area contributed by atoms with Gasteiger partial charge in [-0.1, -0.05) is 218 Å². The quantitative estimate of drug-likeness (QED) is 0.149. The lowest BCUT2D eigenvalue weighted by molar-refractivity contribution is 1.53. The van der Waals surface area contributed by atoms with Crippen molar-refractivity contribution in [2.24, 2.45) is 0 Å². The van der Waals surface area contributed by atoms with E-state index in [4.69, 9.17) is 0 Å². The first-order chi connectivity index (χ1) is 26.8. The van der Waals surface area contributed by atoms with Gasteiger partial charge in [0.05, 0.1) is 0 Å². The topological polar surface area (TPSA) is 0 Å². The minimum absolute atomic E-state index is 1.19. The summed E-state index contributed by atoms with van der Waals surface area (Å²) in [6.07, 6.45) is 0. The monoisotopic (exact) mass is 686 g/mol. The Bertz CT molecular complexity index is 2230. The van der Waals surface area contributed by atoms with Crippen LogP contribution in [0.25, 0.3) is 89.0 Å². The fourth-order valence-electron chi connectivity index (χ4n) is 7.45. The van der Waals surface area contributed by atoms with Crippen LogP contribution in [0.5, 0.6) is 0 Å². The molecule has 0 heteroatoms. The predicted octanol–water partition coefficient (Wildman–Crippen LogP) is 15.0. The molecule has 0 unspecified atom stereocenters. The molecule has 9 rings (SSSR count). The Labute approximate surface area is 318 Å². The van der Waals surface area contributed by atoms with Crippen molar-refractivity contribution in [1.29, 1.82) is 0 Å². The first-order valence-corrected chi connectivity index (χ1v) is 18.6. The van der Waals surface area contributed by atoms with E-state index in [0.717, 1.165) is 0 Å². The summed E-state index contributed by atoms with van der Waals surface area (Å²) < 4.78 is 0. The van der Waals surface area contributed by atoms with Gasteiger partial charge >= 0.3 is 0 Å². The van der Waals surface area contributed by atoms with E-state index in [0.29, 0.717) is 0 Å². The number of benzene rings is 9. The van der Waals surface area contributed by atoms with Gasteiger partial charge in [0.1, 0.15) is 0 Å². The van der Waals surface area contributed by atoms with Crippen molar-refractivity contribution in [2.75, 3.05) is 0 Å². The highest BCUT2D eigenvalue weighted by Crippen LogP contribution is 2.43. The molecule has 0 fully saturated rings. The first kappa shape index (κ1) is 32.9.